The van der Waals surface area contributed by atoms with Crippen molar-refractivity contribution in [3.63, 3.8) is 0 Å². The van der Waals surface area contributed by atoms with Crippen LogP contribution in [0.3, 0.4) is 0 Å². The lowest BCUT2D eigenvalue weighted by molar-refractivity contribution is -0.132. The molecule has 2 amide bonds. The van der Waals surface area contributed by atoms with Crippen molar-refractivity contribution in [2.75, 3.05) is 16.4 Å². The van der Waals surface area contributed by atoms with Gasteiger partial charge in [0, 0.05) is 11.4 Å². The number of carbonyl (C=O) groups is 2. The first kappa shape index (κ1) is 17.7. The standard InChI is InChI=1S/C14H13ClN4O4S/c15-11-7-8(16)1-6-12(11)19-14(21)13(20)18-9-2-4-10(5-3-9)24(17,22)23/h1-7H,16H2,(H,18,20)(H,19,21)(H2,17,22,23). The third-order valence-electron chi connectivity index (χ3n) is 2.89. The minimum Gasteiger partial charge on any atom is -0.399 e. The summed E-state index contributed by atoms with van der Waals surface area (Å²) in [5, 5.41) is 9.81. The molecule has 0 saturated carbocycles. The molecule has 24 heavy (non-hydrogen) atoms. The van der Waals surface area contributed by atoms with Crippen molar-refractivity contribution in [1.29, 1.82) is 0 Å². The van der Waals surface area contributed by atoms with E-state index >= 15 is 0 Å². The summed E-state index contributed by atoms with van der Waals surface area (Å²) in [5.41, 5.74) is 6.41. The molecule has 0 aliphatic rings. The molecule has 0 atom stereocenters. The Morgan fingerprint density at radius 3 is 2.08 bits per heavy atom. The van der Waals surface area contributed by atoms with Crippen molar-refractivity contribution >= 4 is 50.5 Å². The smallest absolute Gasteiger partial charge is 0.314 e. The van der Waals surface area contributed by atoms with E-state index in [4.69, 9.17) is 22.5 Å². The SMILES string of the molecule is Nc1ccc(NC(=O)C(=O)Nc2ccc(S(N)(=O)=O)cc2)c(Cl)c1. The number of benzene rings is 2. The quantitative estimate of drug-likeness (QED) is 0.474. The lowest BCUT2D eigenvalue weighted by Crippen LogP contribution is -2.29. The Morgan fingerprint density at radius 2 is 1.54 bits per heavy atom. The topological polar surface area (TPSA) is 144 Å². The van der Waals surface area contributed by atoms with E-state index in [0.717, 1.165) is 0 Å². The Labute approximate surface area is 142 Å². The number of amides is 2. The van der Waals surface area contributed by atoms with Crippen LogP contribution in [0.4, 0.5) is 17.1 Å². The molecule has 0 radical (unpaired) electrons. The van der Waals surface area contributed by atoms with Gasteiger partial charge in [0.25, 0.3) is 0 Å². The first-order valence-corrected chi connectivity index (χ1v) is 8.39. The maximum atomic E-state index is 11.9. The molecule has 0 spiro atoms. The van der Waals surface area contributed by atoms with Crippen LogP contribution in [-0.4, -0.2) is 20.2 Å². The number of hydrogen-bond donors (Lipinski definition) is 4. The lowest BCUT2D eigenvalue weighted by Gasteiger charge is -2.08. The Bertz CT molecular complexity index is 897. The highest BCUT2D eigenvalue weighted by Gasteiger charge is 2.16. The summed E-state index contributed by atoms with van der Waals surface area (Å²) < 4.78 is 22.3. The third kappa shape index (κ3) is 4.44. The van der Waals surface area contributed by atoms with Crippen LogP contribution in [-0.2, 0) is 19.6 Å². The number of rotatable bonds is 3. The second kappa shape index (κ2) is 6.87. The summed E-state index contributed by atoms with van der Waals surface area (Å²) in [7, 11) is -3.83. The molecule has 6 N–H and O–H groups in total. The van der Waals surface area contributed by atoms with E-state index in [1.165, 1.54) is 42.5 Å². The van der Waals surface area contributed by atoms with Gasteiger partial charge in [-0.3, -0.25) is 9.59 Å². The Hall–Kier alpha value is -2.62. The number of nitrogen functional groups attached to an aromatic ring is 1. The number of hydrogen-bond acceptors (Lipinski definition) is 5. The zero-order chi connectivity index (χ0) is 17.9. The predicted molar refractivity (Wildman–Crippen MR) is 90.9 cm³/mol. The molecule has 0 aromatic heterocycles. The minimum atomic E-state index is -3.83. The highest BCUT2D eigenvalue weighted by atomic mass is 35.5. The fraction of sp³-hybridized carbons (Fsp3) is 0. The normalized spacial score (nSPS) is 10.9. The molecule has 8 nitrogen and oxygen atoms in total. The Balaban J connectivity index is 2.05. The van der Waals surface area contributed by atoms with Gasteiger partial charge in [-0.1, -0.05) is 11.6 Å². The van der Waals surface area contributed by atoms with Crippen molar-refractivity contribution in [3.8, 4) is 0 Å². The maximum Gasteiger partial charge on any atom is 0.314 e. The number of nitrogens with one attached hydrogen (secondary N) is 2. The lowest BCUT2D eigenvalue weighted by atomic mass is 10.2. The van der Waals surface area contributed by atoms with Gasteiger partial charge in [0.05, 0.1) is 15.6 Å². The first-order chi connectivity index (χ1) is 11.2. The van der Waals surface area contributed by atoms with Crippen LogP contribution < -0.4 is 21.5 Å². The van der Waals surface area contributed by atoms with Gasteiger partial charge in [-0.15, -0.1) is 0 Å². The molecule has 0 aliphatic carbocycles. The van der Waals surface area contributed by atoms with E-state index < -0.39 is 21.8 Å². The fourth-order valence-corrected chi connectivity index (χ4v) is 2.48. The van der Waals surface area contributed by atoms with Crippen LogP contribution in [0.15, 0.2) is 47.4 Å². The molecular formula is C14H13ClN4O4S. The van der Waals surface area contributed by atoms with Crippen molar-refractivity contribution in [2.24, 2.45) is 5.14 Å². The molecule has 126 valence electrons. The minimum absolute atomic E-state index is 0.112. The van der Waals surface area contributed by atoms with Crippen LogP contribution in [0, 0.1) is 0 Å². The number of halogens is 1. The van der Waals surface area contributed by atoms with E-state index in [9.17, 15) is 18.0 Å². The van der Waals surface area contributed by atoms with Crippen molar-refractivity contribution in [3.05, 3.63) is 47.5 Å². The molecule has 2 aromatic carbocycles. The summed E-state index contributed by atoms with van der Waals surface area (Å²) in [4.78, 5) is 23.6. The summed E-state index contributed by atoms with van der Waals surface area (Å²) in [6, 6.07) is 9.44. The van der Waals surface area contributed by atoms with Crippen molar-refractivity contribution < 1.29 is 18.0 Å². The highest BCUT2D eigenvalue weighted by Crippen LogP contribution is 2.24. The molecule has 10 heteroatoms. The largest absolute Gasteiger partial charge is 0.399 e. The highest BCUT2D eigenvalue weighted by molar-refractivity contribution is 7.89. The number of sulfonamides is 1. The van der Waals surface area contributed by atoms with Gasteiger partial charge in [-0.25, -0.2) is 13.6 Å². The molecule has 2 rings (SSSR count). The zero-order valence-corrected chi connectivity index (χ0v) is 13.7. The Kier molecular flexibility index (Phi) is 5.07. The number of anilines is 3. The zero-order valence-electron chi connectivity index (χ0n) is 12.1. The Morgan fingerprint density at radius 1 is 0.958 bits per heavy atom. The van der Waals surface area contributed by atoms with Gasteiger partial charge in [0.1, 0.15) is 0 Å². The second-order valence-electron chi connectivity index (χ2n) is 4.72. The van der Waals surface area contributed by atoms with Crippen molar-refractivity contribution in [1.82, 2.24) is 0 Å². The summed E-state index contributed by atoms with van der Waals surface area (Å²) in [6.07, 6.45) is 0. The van der Waals surface area contributed by atoms with Crippen LogP contribution >= 0.6 is 11.6 Å². The molecule has 0 heterocycles. The molecular weight excluding hydrogens is 356 g/mol. The predicted octanol–water partition coefficient (Wildman–Crippen LogP) is 1.15. The van der Waals surface area contributed by atoms with Gasteiger partial charge in [-0.05, 0) is 42.5 Å². The van der Waals surface area contributed by atoms with Gasteiger partial charge >= 0.3 is 11.8 Å². The number of carbonyl (C=O) groups excluding carboxylic acids is 2. The average molecular weight is 369 g/mol. The second-order valence-corrected chi connectivity index (χ2v) is 6.69. The summed E-state index contributed by atoms with van der Waals surface area (Å²) >= 11 is 5.90. The van der Waals surface area contributed by atoms with Gasteiger partial charge in [0.15, 0.2) is 0 Å². The monoisotopic (exact) mass is 368 g/mol. The average Bonchev–Trinajstić information content (AvgIpc) is 2.49. The van der Waals surface area contributed by atoms with E-state index in [1.54, 1.807) is 0 Å². The summed E-state index contributed by atoms with van der Waals surface area (Å²) in [6.45, 7) is 0. The van der Waals surface area contributed by atoms with E-state index in [0.29, 0.717) is 5.69 Å². The van der Waals surface area contributed by atoms with E-state index in [-0.39, 0.29) is 21.3 Å². The van der Waals surface area contributed by atoms with E-state index in [2.05, 4.69) is 10.6 Å². The molecule has 0 aliphatic heterocycles. The van der Waals surface area contributed by atoms with Gasteiger partial charge < -0.3 is 16.4 Å². The molecule has 0 fully saturated rings. The van der Waals surface area contributed by atoms with Crippen LogP contribution in [0.1, 0.15) is 0 Å². The molecule has 0 saturated heterocycles. The number of nitrogens with two attached hydrogens (primary N) is 2. The molecule has 0 bridgehead atoms. The fourth-order valence-electron chi connectivity index (χ4n) is 1.73. The maximum absolute atomic E-state index is 11.9. The first-order valence-electron chi connectivity index (χ1n) is 6.47. The third-order valence-corrected chi connectivity index (χ3v) is 4.13. The van der Waals surface area contributed by atoms with Crippen LogP contribution in [0.5, 0.6) is 0 Å². The van der Waals surface area contributed by atoms with Crippen LogP contribution in [0.25, 0.3) is 0 Å². The van der Waals surface area contributed by atoms with Gasteiger partial charge in [-0.2, -0.15) is 0 Å². The van der Waals surface area contributed by atoms with Gasteiger partial charge in [0.2, 0.25) is 10.0 Å². The molecule has 0 unspecified atom stereocenters. The number of primary sulfonamides is 1. The van der Waals surface area contributed by atoms with E-state index in [1.807, 2.05) is 0 Å². The van der Waals surface area contributed by atoms with Crippen molar-refractivity contribution in [2.45, 2.75) is 4.90 Å². The van der Waals surface area contributed by atoms with Crippen LogP contribution in [0.2, 0.25) is 5.02 Å². The summed E-state index contributed by atoms with van der Waals surface area (Å²) in [5.74, 6) is -1.90. The molecule has 2 aromatic rings.